The number of allylic oxidation sites excluding steroid dienone is 2. The summed E-state index contributed by atoms with van der Waals surface area (Å²) < 4.78 is 66.2. The number of benzene rings is 1. The van der Waals surface area contributed by atoms with E-state index < -0.39 is 32.2 Å². The molecule has 1 aromatic rings. The average molecular weight is 511 g/mol. The molecule has 2 aliphatic rings. The average Bonchev–Trinajstić information content (AvgIpc) is 2.81. The lowest BCUT2D eigenvalue weighted by Gasteiger charge is -2.26. The van der Waals surface area contributed by atoms with Crippen molar-refractivity contribution in [1.29, 1.82) is 0 Å². The second-order valence-corrected chi connectivity index (χ2v) is 14.0. The molecule has 0 nitrogen and oxygen atoms in total. The van der Waals surface area contributed by atoms with Gasteiger partial charge in [-0.15, -0.1) is 0 Å². The van der Waals surface area contributed by atoms with E-state index in [1.54, 1.807) is 0 Å². The fraction of sp³-hybridized carbons (Fsp3) is 0.655. The highest BCUT2D eigenvalue weighted by Gasteiger charge is 2.38. The molecule has 0 aromatic heterocycles. The molecule has 1 heterocycles. The first kappa shape index (κ1) is 28.0. The molecule has 0 N–H and O–H groups in total. The van der Waals surface area contributed by atoms with Crippen molar-refractivity contribution in [3.8, 4) is 11.8 Å². The molecule has 2 fully saturated rings. The van der Waals surface area contributed by atoms with Crippen LogP contribution in [0.1, 0.15) is 94.6 Å². The zero-order valence-corrected chi connectivity index (χ0v) is 22.1. The molecule has 35 heavy (non-hydrogen) atoms. The molecule has 3 rings (SSSR count). The number of hydrogen-bond donors (Lipinski definition) is 0. The van der Waals surface area contributed by atoms with Crippen LogP contribution in [0.2, 0.25) is 18.1 Å². The van der Waals surface area contributed by atoms with E-state index in [1.807, 2.05) is 6.08 Å². The maximum absolute atomic E-state index is 13.9. The van der Waals surface area contributed by atoms with Gasteiger partial charge in [0.25, 0.3) is 0 Å². The van der Waals surface area contributed by atoms with Gasteiger partial charge in [-0.05, 0) is 74.1 Å². The second-order valence-electron chi connectivity index (χ2n) is 10.5. The van der Waals surface area contributed by atoms with Crippen LogP contribution in [0.5, 0.6) is 0 Å². The first-order chi connectivity index (χ1) is 16.8. The van der Waals surface area contributed by atoms with Gasteiger partial charge in [0.15, 0.2) is 0 Å². The summed E-state index contributed by atoms with van der Waals surface area (Å²) >= 11 is 0. The van der Waals surface area contributed by atoms with E-state index in [0.717, 1.165) is 25.0 Å². The molecular weight excluding hydrogens is 471 g/mol. The molecule has 0 unspecified atom stereocenters. The number of halogens is 5. The van der Waals surface area contributed by atoms with Gasteiger partial charge < -0.3 is 0 Å². The van der Waals surface area contributed by atoms with E-state index in [1.165, 1.54) is 63.1 Å². The zero-order valence-electron chi connectivity index (χ0n) is 20.9. The molecule has 1 saturated heterocycles. The van der Waals surface area contributed by atoms with E-state index in [4.69, 9.17) is 0 Å². The van der Waals surface area contributed by atoms with Gasteiger partial charge in [0.1, 0.15) is 17.2 Å². The van der Waals surface area contributed by atoms with Gasteiger partial charge in [-0.2, -0.15) is 13.2 Å². The van der Waals surface area contributed by atoms with Crippen molar-refractivity contribution in [2.75, 3.05) is 0 Å². The Bertz CT molecular complexity index is 856. The van der Waals surface area contributed by atoms with Crippen LogP contribution >= 0.6 is 0 Å². The lowest BCUT2D eigenvalue weighted by molar-refractivity contribution is -0.142. The van der Waals surface area contributed by atoms with Crippen molar-refractivity contribution >= 4 is 8.80 Å². The highest BCUT2D eigenvalue weighted by molar-refractivity contribution is 6.58. The van der Waals surface area contributed by atoms with E-state index in [2.05, 4.69) is 24.8 Å². The van der Waals surface area contributed by atoms with Gasteiger partial charge >= 0.3 is 6.18 Å². The van der Waals surface area contributed by atoms with Gasteiger partial charge in [0, 0.05) is 14.7 Å². The SMILES string of the molecule is CCCCCCC[SiH]1CCC(/C=C/C#CC2CCC(c3cc(F)c(C(F)(F)F)c(F)c3)CC2)CC1. The van der Waals surface area contributed by atoms with Crippen molar-refractivity contribution in [2.24, 2.45) is 11.8 Å². The van der Waals surface area contributed by atoms with Crippen molar-refractivity contribution < 1.29 is 22.0 Å². The minimum atomic E-state index is -5.03. The van der Waals surface area contributed by atoms with Crippen LogP contribution < -0.4 is 0 Å². The van der Waals surface area contributed by atoms with Gasteiger partial charge in [0.2, 0.25) is 0 Å². The highest BCUT2D eigenvalue weighted by atomic mass is 28.3. The molecule has 6 heteroatoms. The molecule has 0 atom stereocenters. The maximum atomic E-state index is 13.9. The van der Waals surface area contributed by atoms with Crippen LogP contribution in [-0.4, -0.2) is 8.80 Å². The van der Waals surface area contributed by atoms with Crippen molar-refractivity contribution in [3.05, 3.63) is 47.0 Å². The Morgan fingerprint density at radius 3 is 2.14 bits per heavy atom. The summed E-state index contributed by atoms with van der Waals surface area (Å²) in [5.74, 6) is 4.23. The molecule has 1 aromatic carbocycles. The molecule has 0 bridgehead atoms. The fourth-order valence-corrected chi connectivity index (χ4v) is 9.26. The predicted molar refractivity (Wildman–Crippen MR) is 136 cm³/mol. The van der Waals surface area contributed by atoms with Crippen LogP contribution in [-0.2, 0) is 6.18 Å². The molecule has 0 spiro atoms. The first-order valence-electron chi connectivity index (χ1n) is 13.5. The van der Waals surface area contributed by atoms with Crippen molar-refractivity contribution in [3.63, 3.8) is 0 Å². The van der Waals surface area contributed by atoms with E-state index in [9.17, 15) is 22.0 Å². The first-order valence-corrected chi connectivity index (χ1v) is 16.0. The van der Waals surface area contributed by atoms with Gasteiger partial charge in [0.05, 0.1) is 0 Å². The molecule has 1 aliphatic heterocycles. The summed E-state index contributed by atoms with van der Waals surface area (Å²) in [6, 6.07) is 6.16. The zero-order chi connectivity index (χ0) is 25.3. The minimum absolute atomic E-state index is 0.124. The topological polar surface area (TPSA) is 0 Å². The van der Waals surface area contributed by atoms with Gasteiger partial charge in [-0.25, -0.2) is 8.78 Å². The van der Waals surface area contributed by atoms with Crippen molar-refractivity contribution in [1.82, 2.24) is 0 Å². The number of unbranched alkanes of at least 4 members (excludes halogenated alkanes) is 4. The van der Waals surface area contributed by atoms with Crippen LogP contribution in [0.15, 0.2) is 24.3 Å². The molecule has 194 valence electrons. The largest absolute Gasteiger partial charge is 0.422 e. The lowest BCUT2D eigenvalue weighted by Crippen LogP contribution is -2.20. The molecule has 0 amide bonds. The summed E-state index contributed by atoms with van der Waals surface area (Å²) in [7, 11) is -0.503. The van der Waals surface area contributed by atoms with E-state index in [0.29, 0.717) is 24.3 Å². The maximum Gasteiger partial charge on any atom is 0.422 e. The Morgan fingerprint density at radius 2 is 1.54 bits per heavy atom. The molecule has 1 saturated carbocycles. The summed E-state index contributed by atoms with van der Waals surface area (Å²) in [6.07, 6.45) is 11.8. The molecular formula is C29H39F5Si. The summed E-state index contributed by atoms with van der Waals surface area (Å²) in [6.45, 7) is 2.26. The Morgan fingerprint density at radius 1 is 0.914 bits per heavy atom. The molecule has 0 radical (unpaired) electrons. The quantitative estimate of drug-likeness (QED) is 0.141. The highest BCUT2D eigenvalue weighted by Crippen LogP contribution is 2.39. The smallest absolute Gasteiger partial charge is 0.206 e. The minimum Gasteiger partial charge on any atom is -0.206 e. The summed E-state index contributed by atoms with van der Waals surface area (Å²) in [4.78, 5) is 0. The number of rotatable bonds is 8. The number of alkyl halides is 3. The Labute approximate surface area is 209 Å². The summed E-state index contributed by atoms with van der Waals surface area (Å²) in [5.41, 5.74) is -1.48. The van der Waals surface area contributed by atoms with E-state index >= 15 is 0 Å². The normalized spacial score (nSPS) is 25.4. The Hall–Kier alpha value is -1.61. The van der Waals surface area contributed by atoms with Crippen LogP contribution in [0.3, 0.4) is 0 Å². The summed E-state index contributed by atoms with van der Waals surface area (Å²) in [5, 5.41) is 0. The third-order valence-corrected chi connectivity index (χ3v) is 11.4. The van der Waals surface area contributed by atoms with Gasteiger partial charge in [-0.1, -0.05) is 75.1 Å². The van der Waals surface area contributed by atoms with Crippen LogP contribution in [0.4, 0.5) is 22.0 Å². The van der Waals surface area contributed by atoms with Crippen LogP contribution in [0, 0.1) is 35.3 Å². The third kappa shape index (κ3) is 8.77. The third-order valence-electron chi connectivity index (χ3n) is 7.89. The predicted octanol–water partition coefficient (Wildman–Crippen LogP) is 9.42. The van der Waals surface area contributed by atoms with Gasteiger partial charge in [-0.3, -0.25) is 0 Å². The fourth-order valence-electron chi connectivity index (χ4n) is 5.73. The molecule has 1 aliphatic carbocycles. The van der Waals surface area contributed by atoms with Crippen molar-refractivity contribution in [2.45, 2.75) is 108 Å². The Balaban J connectivity index is 1.39. The van der Waals surface area contributed by atoms with E-state index in [-0.39, 0.29) is 11.8 Å². The Kier molecular flexibility index (Phi) is 10.9. The van der Waals surface area contributed by atoms with Crippen LogP contribution in [0.25, 0.3) is 0 Å². The monoisotopic (exact) mass is 510 g/mol. The lowest BCUT2D eigenvalue weighted by atomic mass is 9.78. The number of hydrogen-bond acceptors (Lipinski definition) is 0. The standard InChI is InChI=1S/C29H39F5Si/c1-2-3-4-5-8-17-35-18-15-23(16-19-35)10-7-6-9-22-11-13-24(14-12-22)25-20-26(30)28(27(31)21-25)29(32,33)34/h7,10,20-24,35H,2-5,8,11-19H2,1H3/b10-7+. The second kappa shape index (κ2) is 13.6.